The molecule has 1 aromatic heterocycles. The fraction of sp³-hybridized carbons (Fsp3) is 0.400. The number of nitrogens with one attached hydrogen (secondary N) is 1. The molecule has 3 aliphatic rings. The summed E-state index contributed by atoms with van der Waals surface area (Å²) in [4.78, 5) is 27.8. The number of rotatable bonds is 7. The third-order valence-corrected chi connectivity index (χ3v) is 7.70. The molecule has 2 heterocycles. The van der Waals surface area contributed by atoms with Crippen LogP contribution in [0.25, 0.3) is 0 Å². The molecular formula is C30H31FN2O4. The Labute approximate surface area is 215 Å². The van der Waals surface area contributed by atoms with E-state index in [9.17, 15) is 14.0 Å². The molecule has 192 valence electrons. The fourth-order valence-electron chi connectivity index (χ4n) is 5.55. The molecule has 0 radical (unpaired) electrons. The molecule has 2 saturated carbocycles. The third kappa shape index (κ3) is 5.13. The van der Waals surface area contributed by atoms with Crippen LogP contribution in [0.4, 0.5) is 4.39 Å². The van der Waals surface area contributed by atoms with Gasteiger partial charge in [0.25, 0.3) is 5.91 Å². The first-order chi connectivity index (χ1) is 18.0. The maximum Gasteiger partial charge on any atom is 0.287 e. The lowest BCUT2D eigenvalue weighted by molar-refractivity contribution is -0.137. The van der Waals surface area contributed by atoms with Crippen molar-refractivity contribution in [3.63, 3.8) is 0 Å². The van der Waals surface area contributed by atoms with Crippen LogP contribution in [0, 0.1) is 11.7 Å². The summed E-state index contributed by atoms with van der Waals surface area (Å²) < 4.78 is 25.5. The van der Waals surface area contributed by atoms with E-state index in [1.165, 1.54) is 12.1 Å². The summed E-state index contributed by atoms with van der Waals surface area (Å²) in [7, 11) is 0. The van der Waals surface area contributed by atoms with Gasteiger partial charge in [-0.05, 0) is 85.2 Å². The van der Waals surface area contributed by atoms with Crippen LogP contribution in [0.15, 0.2) is 59.0 Å². The summed E-state index contributed by atoms with van der Waals surface area (Å²) in [5.74, 6) is 1.26. The van der Waals surface area contributed by atoms with Gasteiger partial charge in [-0.25, -0.2) is 4.39 Å². The minimum absolute atomic E-state index is 0.0641. The van der Waals surface area contributed by atoms with Crippen molar-refractivity contribution in [3.8, 4) is 5.75 Å². The number of carbonyl (C=O) groups excluding carboxylic acids is 2. The lowest BCUT2D eigenvalue weighted by Crippen LogP contribution is -2.43. The van der Waals surface area contributed by atoms with Crippen molar-refractivity contribution >= 4 is 11.8 Å². The molecule has 7 heteroatoms. The lowest BCUT2D eigenvalue weighted by Gasteiger charge is -2.39. The van der Waals surface area contributed by atoms with Crippen molar-refractivity contribution in [2.45, 2.75) is 63.6 Å². The average molecular weight is 503 g/mol. The van der Waals surface area contributed by atoms with Gasteiger partial charge in [0, 0.05) is 18.5 Å². The molecule has 2 aliphatic carbocycles. The van der Waals surface area contributed by atoms with Gasteiger partial charge in [0.05, 0.1) is 6.04 Å². The molecule has 1 N–H and O–H groups in total. The second kappa shape index (κ2) is 10.0. The highest BCUT2D eigenvalue weighted by Gasteiger charge is 2.36. The summed E-state index contributed by atoms with van der Waals surface area (Å²) in [6.45, 7) is 0.824. The van der Waals surface area contributed by atoms with Gasteiger partial charge < -0.3 is 19.4 Å². The van der Waals surface area contributed by atoms with E-state index < -0.39 is 0 Å². The molecule has 0 spiro atoms. The van der Waals surface area contributed by atoms with E-state index >= 15 is 0 Å². The van der Waals surface area contributed by atoms with E-state index in [0.29, 0.717) is 18.1 Å². The molecule has 2 amide bonds. The predicted molar refractivity (Wildman–Crippen MR) is 136 cm³/mol. The zero-order valence-electron chi connectivity index (χ0n) is 20.8. The molecule has 6 nitrogen and oxygen atoms in total. The topological polar surface area (TPSA) is 71.8 Å². The second-order valence-corrected chi connectivity index (χ2v) is 10.4. The van der Waals surface area contributed by atoms with Crippen molar-refractivity contribution in [2.24, 2.45) is 5.92 Å². The molecule has 6 rings (SSSR count). The minimum atomic E-state index is -0.297. The Kier molecular flexibility index (Phi) is 6.45. The van der Waals surface area contributed by atoms with E-state index in [1.54, 1.807) is 24.3 Å². The third-order valence-electron chi connectivity index (χ3n) is 7.70. The SMILES string of the molecule is O=C(NC1CC1)c1ccc(COc2ccc3c(c2)[C@H](c2ccc(F)cc2)N(C(=O)C2CCCC2)CC3)o1. The number of benzene rings is 2. The molecule has 2 fully saturated rings. The average Bonchev–Trinajstić information content (AvgIpc) is 3.35. The Morgan fingerprint density at radius 3 is 2.54 bits per heavy atom. The van der Waals surface area contributed by atoms with E-state index in [4.69, 9.17) is 9.15 Å². The fourth-order valence-corrected chi connectivity index (χ4v) is 5.55. The molecule has 0 unspecified atom stereocenters. The van der Waals surface area contributed by atoms with Crippen molar-refractivity contribution in [1.29, 1.82) is 0 Å². The summed E-state index contributed by atoms with van der Waals surface area (Å²) >= 11 is 0. The summed E-state index contributed by atoms with van der Waals surface area (Å²) in [6.07, 6.45) is 6.86. The number of furan rings is 1. The number of halogens is 1. The molecule has 1 aliphatic heterocycles. The number of hydrogen-bond acceptors (Lipinski definition) is 4. The van der Waals surface area contributed by atoms with Crippen LogP contribution >= 0.6 is 0 Å². The monoisotopic (exact) mass is 502 g/mol. The zero-order chi connectivity index (χ0) is 25.4. The zero-order valence-corrected chi connectivity index (χ0v) is 20.8. The van der Waals surface area contributed by atoms with E-state index in [-0.39, 0.29) is 48.0 Å². The van der Waals surface area contributed by atoms with Gasteiger partial charge in [-0.3, -0.25) is 9.59 Å². The molecule has 0 bridgehead atoms. The number of amides is 2. The quantitative estimate of drug-likeness (QED) is 0.460. The Morgan fingerprint density at radius 1 is 1.00 bits per heavy atom. The van der Waals surface area contributed by atoms with Gasteiger partial charge in [0.2, 0.25) is 5.91 Å². The molecule has 0 saturated heterocycles. The Bertz CT molecular complexity index is 1290. The second-order valence-electron chi connectivity index (χ2n) is 10.4. The van der Waals surface area contributed by atoms with Crippen LogP contribution in [-0.4, -0.2) is 29.3 Å². The van der Waals surface area contributed by atoms with Gasteiger partial charge in [-0.2, -0.15) is 0 Å². The Hall–Kier alpha value is -3.61. The first kappa shape index (κ1) is 23.8. The van der Waals surface area contributed by atoms with Crippen LogP contribution in [0.5, 0.6) is 5.75 Å². The predicted octanol–water partition coefficient (Wildman–Crippen LogP) is 5.55. The van der Waals surface area contributed by atoms with Crippen molar-refractivity contribution in [2.75, 3.05) is 6.54 Å². The van der Waals surface area contributed by atoms with E-state index in [0.717, 1.165) is 61.6 Å². The van der Waals surface area contributed by atoms with Crippen molar-refractivity contribution in [1.82, 2.24) is 10.2 Å². The number of hydrogen-bond donors (Lipinski definition) is 1. The number of nitrogens with zero attached hydrogens (tertiary/aromatic N) is 1. The van der Waals surface area contributed by atoms with Crippen molar-refractivity contribution < 1.29 is 23.1 Å². The lowest BCUT2D eigenvalue weighted by atomic mass is 9.87. The highest BCUT2D eigenvalue weighted by Crippen LogP contribution is 2.40. The van der Waals surface area contributed by atoms with Crippen LogP contribution in [0.1, 0.15) is 77.6 Å². The standard InChI is InChI=1S/C30H31FN2O4/c31-22-8-5-20(6-9-22)28-26-17-24(36-18-25-13-14-27(37-25)29(34)32-23-10-11-23)12-7-19(26)15-16-33(28)30(35)21-3-1-2-4-21/h5-9,12-14,17,21,23,28H,1-4,10-11,15-16,18H2,(H,32,34)/t28-/m0/s1. The molecule has 37 heavy (non-hydrogen) atoms. The van der Waals surface area contributed by atoms with Gasteiger partial charge in [-0.1, -0.05) is 31.0 Å². The number of carbonyl (C=O) groups is 2. The molecule has 2 aromatic carbocycles. The van der Waals surface area contributed by atoms with E-state index in [1.807, 2.05) is 17.0 Å². The van der Waals surface area contributed by atoms with Gasteiger partial charge in [-0.15, -0.1) is 0 Å². The van der Waals surface area contributed by atoms with Crippen LogP contribution in [-0.2, 0) is 17.8 Å². The van der Waals surface area contributed by atoms with Gasteiger partial charge >= 0.3 is 0 Å². The first-order valence-electron chi connectivity index (χ1n) is 13.3. The highest BCUT2D eigenvalue weighted by atomic mass is 19.1. The van der Waals surface area contributed by atoms with Crippen LogP contribution in [0.2, 0.25) is 0 Å². The molecular weight excluding hydrogens is 471 g/mol. The van der Waals surface area contributed by atoms with Crippen LogP contribution in [0.3, 0.4) is 0 Å². The smallest absolute Gasteiger partial charge is 0.287 e. The van der Waals surface area contributed by atoms with Gasteiger partial charge in [0.1, 0.15) is 23.9 Å². The summed E-state index contributed by atoms with van der Waals surface area (Å²) in [5.41, 5.74) is 3.06. The summed E-state index contributed by atoms with van der Waals surface area (Å²) in [5, 5.41) is 2.92. The van der Waals surface area contributed by atoms with Crippen molar-refractivity contribution in [3.05, 3.63) is 88.6 Å². The minimum Gasteiger partial charge on any atom is -0.486 e. The highest BCUT2D eigenvalue weighted by molar-refractivity contribution is 5.91. The Morgan fingerprint density at radius 2 is 1.78 bits per heavy atom. The summed E-state index contributed by atoms with van der Waals surface area (Å²) in [6, 6.07) is 15.8. The normalized spacial score (nSPS) is 19.5. The molecule has 1 atom stereocenters. The van der Waals surface area contributed by atoms with Crippen LogP contribution < -0.4 is 10.1 Å². The first-order valence-corrected chi connectivity index (χ1v) is 13.3. The largest absolute Gasteiger partial charge is 0.486 e. The number of fused-ring (bicyclic) bond motifs is 1. The van der Waals surface area contributed by atoms with Gasteiger partial charge in [0.15, 0.2) is 5.76 Å². The molecule has 3 aromatic rings. The van der Waals surface area contributed by atoms with E-state index in [2.05, 4.69) is 11.4 Å². The maximum absolute atomic E-state index is 13.8. The Balaban J connectivity index is 1.24. The maximum atomic E-state index is 13.8. The number of ether oxygens (including phenoxy) is 1.